The van der Waals surface area contributed by atoms with Crippen LogP contribution in [0.3, 0.4) is 0 Å². The lowest BCUT2D eigenvalue weighted by Crippen LogP contribution is -2.65. The molecule has 0 aromatic rings. The first-order chi connectivity index (χ1) is 17.2. The fourth-order valence-electron chi connectivity index (χ4n) is 9.79. The van der Waals surface area contributed by atoms with Crippen LogP contribution >= 0.6 is 0 Å². The quantitative estimate of drug-likeness (QED) is 0.247. The maximum atomic E-state index is 12.6. The number of allylic oxidation sites excluding steroid dienone is 2. The number of rotatable bonds is 5. The Morgan fingerprint density at radius 2 is 1.70 bits per heavy atom. The summed E-state index contributed by atoms with van der Waals surface area (Å²) in [6.07, 6.45) is 6.22. The number of carbonyl (C=O) groups is 2. The van der Waals surface area contributed by atoms with Gasteiger partial charge in [-0.2, -0.15) is 0 Å². The Morgan fingerprint density at radius 3 is 2.30 bits per heavy atom. The van der Waals surface area contributed by atoms with E-state index in [2.05, 4.69) is 27.7 Å². The maximum absolute atomic E-state index is 12.6. The molecule has 4 aliphatic carbocycles. The Hall–Kier alpha value is -1.66. The minimum Gasteiger partial charge on any atom is -0.478 e. The molecule has 10 atom stereocenters. The highest BCUT2D eigenvalue weighted by atomic mass is 16.5. The van der Waals surface area contributed by atoms with Gasteiger partial charge in [-0.05, 0) is 111 Å². The van der Waals surface area contributed by atoms with Gasteiger partial charge in [-0.15, -0.1) is 0 Å². The molecule has 2 unspecified atom stereocenters. The summed E-state index contributed by atoms with van der Waals surface area (Å²) in [5.41, 5.74) is 1.57. The highest BCUT2D eigenvalue weighted by Gasteiger charge is 2.70. The molecule has 4 aliphatic rings. The topological polar surface area (TPSA) is 104 Å². The van der Waals surface area contributed by atoms with Crippen LogP contribution in [-0.2, 0) is 14.3 Å². The summed E-state index contributed by atoms with van der Waals surface area (Å²) in [4.78, 5) is 24.8. The Morgan fingerprint density at radius 1 is 1.03 bits per heavy atom. The van der Waals surface area contributed by atoms with Crippen LogP contribution in [0.1, 0.15) is 99.8 Å². The number of fused-ring (bicyclic) bond motifs is 5. The number of aliphatic carboxylic acids is 1. The molecule has 0 radical (unpaired) electrons. The molecule has 208 valence electrons. The first-order valence-electron chi connectivity index (χ1n) is 14.3. The first-order valence-corrected chi connectivity index (χ1v) is 14.3. The Balaban J connectivity index is 1.82. The monoisotopic (exact) mass is 516 g/mol. The van der Waals surface area contributed by atoms with Crippen molar-refractivity contribution in [1.82, 2.24) is 0 Å². The maximum Gasteiger partial charge on any atom is 0.331 e. The fourth-order valence-corrected chi connectivity index (χ4v) is 9.79. The van der Waals surface area contributed by atoms with E-state index in [1.807, 2.05) is 19.9 Å². The molecule has 3 N–H and O–H groups in total. The third kappa shape index (κ3) is 4.40. The predicted molar refractivity (Wildman–Crippen MR) is 143 cm³/mol. The van der Waals surface area contributed by atoms with E-state index >= 15 is 0 Å². The van der Waals surface area contributed by atoms with Gasteiger partial charge in [0.2, 0.25) is 0 Å². The molecule has 0 aromatic carbocycles. The van der Waals surface area contributed by atoms with Gasteiger partial charge in [0.05, 0.1) is 12.2 Å². The van der Waals surface area contributed by atoms with E-state index in [1.165, 1.54) is 6.92 Å². The minimum absolute atomic E-state index is 0.0474. The van der Waals surface area contributed by atoms with Gasteiger partial charge in [-0.3, -0.25) is 4.79 Å². The van der Waals surface area contributed by atoms with Crippen molar-refractivity contribution in [2.24, 2.45) is 39.9 Å². The van der Waals surface area contributed by atoms with Gasteiger partial charge < -0.3 is 20.1 Å². The highest BCUT2D eigenvalue weighted by Crippen LogP contribution is 2.74. The highest BCUT2D eigenvalue weighted by molar-refractivity contribution is 5.88. The van der Waals surface area contributed by atoms with Gasteiger partial charge in [0.25, 0.3) is 0 Å². The summed E-state index contributed by atoms with van der Waals surface area (Å²) >= 11 is 0. The summed E-state index contributed by atoms with van der Waals surface area (Å²) in [7, 11) is 0. The molecule has 0 aromatic heterocycles. The van der Waals surface area contributed by atoms with Gasteiger partial charge in [-0.1, -0.05) is 39.3 Å². The molecule has 0 saturated heterocycles. The second-order valence-corrected chi connectivity index (χ2v) is 13.6. The van der Waals surface area contributed by atoms with E-state index in [-0.39, 0.29) is 40.1 Å². The minimum atomic E-state index is -0.953. The first kappa shape index (κ1) is 28.4. The third-order valence-corrected chi connectivity index (χ3v) is 11.6. The normalized spacial score (nSPS) is 46.2. The zero-order valence-corrected chi connectivity index (χ0v) is 23.8. The number of carbonyl (C=O) groups excluding carboxylic acids is 1. The molecule has 4 saturated carbocycles. The summed E-state index contributed by atoms with van der Waals surface area (Å²) in [6, 6.07) is 0. The van der Waals surface area contributed by atoms with E-state index < -0.39 is 24.1 Å². The number of hydrogen-bond acceptors (Lipinski definition) is 5. The van der Waals surface area contributed by atoms with Crippen LogP contribution in [0.4, 0.5) is 0 Å². The van der Waals surface area contributed by atoms with E-state index in [0.717, 1.165) is 36.8 Å². The lowest BCUT2D eigenvalue weighted by Gasteiger charge is -2.69. The van der Waals surface area contributed by atoms with E-state index in [4.69, 9.17) is 4.74 Å². The van der Waals surface area contributed by atoms with Crippen LogP contribution in [0.25, 0.3) is 0 Å². The lowest BCUT2D eigenvalue weighted by atomic mass is 9.36. The van der Waals surface area contributed by atoms with Crippen LogP contribution in [-0.4, -0.2) is 45.6 Å². The number of aliphatic hydroxyl groups is 2. The third-order valence-electron chi connectivity index (χ3n) is 11.6. The Kier molecular flexibility index (Phi) is 7.53. The number of carboxylic acids is 1. The standard InChI is InChI=1S/C31H48O6/c1-17(2)9-8-10-20(28(35)36)26-22-15-24(34)27-29(5)13-12-23(33)18(3)21(29)11-14-30(27,6)31(22,7)16-25(26)37-19(4)32/h9,18,21-25,27,33-34H,8,10-16H2,1-7H3,(H,35,36)/b26-20-/t18-,21-,22-,23+,24?,25-,27?,29-,30-,31-/m0/s1. The van der Waals surface area contributed by atoms with Gasteiger partial charge in [0.15, 0.2) is 0 Å². The summed E-state index contributed by atoms with van der Waals surface area (Å²) < 4.78 is 5.87. The molecule has 6 nitrogen and oxygen atoms in total. The summed E-state index contributed by atoms with van der Waals surface area (Å²) in [5, 5.41) is 32.9. The number of hydrogen-bond donors (Lipinski definition) is 3. The molecule has 0 amide bonds. The molecule has 0 aliphatic heterocycles. The van der Waals surface area contributed by atoms with Crippen molar-refractivity contribution in [3.05, 3.63) is 22.8 Å². The zero-order valence-electron chi connectivity index (χ0n) is 23.8. The molecule has 4 fully saturated rings. The second-order valence-electron chi connectivity index (χ2n) is 13.6. The van der Waals surface area contributed by atoms with Crippen LogP contribution in [0, 0.1) is 39.9 Å². The van der Waals surface area contributed by atoms with Crippen molar-refractivity contribution in [3.8, 4) is 0 Å². The van der Waals surface area contributed by atoms with Gasteiger partial charge in [-0.25, -0.2) is 4.79 Å². The zero-order chi connectivity index (χ0) is 27.5. The van der Waals surface area contributed by atoms with Crippen LogP contribution in [0.5, 0.6) is 0 Å². The van der Waals surface area contributed by atoms with E-state index in [9.17, 15) is 24.9 Å². The summed E-state index contributed by atoms with van der Waals surface area (Å²) in [5.74, 6) is -0.909. The van der Waals surface area contributed by atoms with Gasteiger partial charge in [0.1, 0.15) is 6.10 Å². The number of aliphatic hydroxyl groups excluding tert-OH is 2. The van der Waals surface area contributed by atoms with Gasteiger partial charge >= 0.3 is 11.9 Å². The molecule has 6 heteroatoms. The fraction of sp³-hybridized carbons (Fsp3) is 0.806. The molecule has 37 heavy (non-hydrogen) atoms. The molecule has 0 spiro atoms. The molecule has 0 heterocycles. The number of esters is 1. The van der Waals surface area contributed by atoms with Crippen LogP contribution in [0.15, 0.2) is 22.8 Å². The molecular formula is C31H48O6. The summed E-state index contributed by atoms with van der Waals surface area (Å²) in [6.45, 7) is 14.5. The number of carboxylic acid groups (broad SMARTS) is 1. The Labute approximate surface area is 222 Å². The molecular weight excluding hydrogens is 468 g/mol. The SMILES string of the molecule is CC(=O)O[C@H]1C[C@@]2(C)[C@@H](CC(O)C3[C@]2(C)CC[C@H]2[C@H](C)[C@H](O)CC[C@]32C)/C1=C(\CCC=C(C)C)C(=O)O. The largest absolute Gasteiger partial charge is 0.478 e. The lowest BCUT2D eigenvalue weighted by molar-refractivity contribution is -0.234. The molecule has 0 bridgehead atoms. The van der Waals surface area contributed by atoms with Crippen molar-refractivity contribution in [3.63, 3.8) is 0 Å². The van der Waals surface area contributed by atoms with Crippen molar-refractivity contribution in [2.75, 3.05) is 0 Å². The van der Waals surface area contributed by atoms with Gasteiger partial charge in [0, 0.05) is 12.5 Å². The molecule has 4 rings (SSSR count). The van der Waals surface area contributed by atoms with E-state index in [1.54, 1.807) is 0 Å². The predicted octanol–water partition coefficient (Wildman–Crippen LogP) is 5.67. The average Bonchev–Trinajstić information content (AvgIpc) is 3.05. The average molecular weight is 517 g/mol. The van der Waals surface area contributed by atoms with Crippen LogP contribution in [0.2, 0.25) is 0 Å². The van der Waals surface area contributed by atoms with Crippen molar-refractivity contribution < 1.29 is 29.6 Å². The Bertz CT molecular complexity index is 994. The van der Waals surface area contributed by atoms with Crippen molar-refractivity contribution in [2.45, 2.75) is 118 Å². The second kappa shape index (κ2) is 9.82. The van der Waals surface area contributed by atoms with E-state index in [0.29, 0.717) is 37.2 Å². The van der Waals surface area contributed by atoms with Crippen LogP contribution < -0.4 is 0 Å². The smallest absolute Gasteiger partial charge is 0.331 e. The van der Waals surface area contributed by atoms with Crippen molar-refractivity contribution in [1.29, 1.82) is 0 Å². The van der Waals surface area contributed by atoms with Crippen molar-refractivity contribution >= 4 is 11.9 Å². The number of ether oxygens (including phenoxy) is 1.